The third-order valence-corrected chi connectivity index (χ3v) is 6.71. The third-order valence-electron chi connectivity index (χ3n) is 3.71. The number of aromatic nitrogens is 1. The van der Waals surface area contributed by atoms with Gasteiger partial charge in [-0.3, -0.25) is 9.59 Å². The fraction of sp³-hybridized carbons (Fsp3) is 0.211. The van der Waals surface area contributed by atoms with Gasteiger partial charge in [0.2, 0.25) is 11.8 Å². The van der Waals surface area contributed by atoms with Gasteiger partial charge < -0.3 is 10.6 Å². The molecule has 8 heteroatoms. The second kappa shape index (κ2) is 8.86. The van der Waals surface area contributed by atoms with Gasteiger partial charge in [-0.1, -0.05) is 34.6 Å². The van der Waals surface area contributed by atoms with Gasteiger partial charge in [0.1, 0.15) is 0 Å². The van der Waals surface area contributed by atoms with Crippen molar-refractivity contribution in [3.63, 3.8) is 0 Å². The number of carbonyl (C=O) groups excluding carboxylic acids is 2. The predicted octanol–water partition coefficient (Wildman–Crippen LogP) is 5.53. The van der Waals surface area contributed by atoms with Crippen LogP contribution < -0.4 is 10.6 Å². The van der Waals surface area contributed by atoms with Crippen molar-refractivity contribution >= 4 is 72.4 Å². The Morgan fingerprint density at radius 3 is 2.52 bits per heavy atom. The molecule has 0 saturated heterocycles. The summed E-state index contributed by atoms with van der Waals surface area (Å²) in [6.07, 6.45) is 0.695. The molecule has 1 aromatic heterocycles. The Balaban J connectivity index is 1.72. The van der Waals surface area contributed by atoms with E-state index in [2.05, 4.69) is 31.5 Å². The molecule has 27 heavy (non-hydrogen) atoms. The van der Waals surface area contributed by atoms with Crippen LogP contribution >= 0.6 is 39.0 Å². The summed E-state index contributed by atoms with van der Waals surface area (Å²) in [5, 5.41) is 5.49. The Hall–Kier alpha value is -1.90. The van der Waals surface area contributed by atoms with Crippen LogP contribution in [0.25, 0.3) is 10.2 Å². The minimum atomic E-state index is -0.232. The first-order valence-electron chi connectivity index (χ1n) is 8.36. The standard InChI is InChI=1S/C19H18BrN3O2S2/c1-3-16(18(25)22-13-6-4-12(20)5-7-13)26-19-23-15-9-8-14(21-11(2)24)10-17(15)27-19/h4-10,16H,3H2,1-2H3,(H,21,24)(H,22,25). The molecule has 0 saturated carbocycles. The maximum Gasteiger partial charge on any atom is 0.237 e. The van der Waals surface area contributed by atoms with Crippen molar-refractivity contribution < 1.29 is 9.59 Å². The van der Waals surface area contributed by atoms with Crippen molar-refractivity contribution in [1.82, 2.24) is 4.98 Å². The molecule has 1 heterocycles. The highest BCUT2D eigenvalue weighted by molar-refractivity contribution is 9.10. The molecule has 3 rings (SSSR count). The lowest BCUT2D eigenvalue weighted by Crippen LogP contribution is -2.24. The van der Waals surface area contributed by atoms with Gasteiger partial charge >= 0.3 is 0 Å². The number of halogens is 1. The van der Waals surface area contributed by atoms with Crippen LogP contribution in [0.5, 0.6) is 0 Å². The van der Waals surface area contributed by atoms with Crippen molar-refractivity contribution in [1.29, 1.82) is 0 Å². The Kier molecular flexibility index (Phi) is 6.51. The maximum absolute atomic E-state index is 12.6. The van der Waals surface area contributed by atoms with E-state index in [0.717, 1.165) is 30.4 Å². The summed E-state index contributed by atoms with van der Waals surface area (Å²) in [7, 11) is 0. The number of anilines is 2. The number of hydrogen-bond donors (Lipinski definition) is 2. The summed E-state index contributed by atoms with van der Waals surface area (Å²) >= 11 is 6.37. The minimum absolute atomic E-state index is 0.0389. The van der Waals surface area contributed by atoms with E-state index in [1.165, 1.54) is 30.0 Å². The van der Waals surface area contributed by atoms with Gasteiger partial charge in [0.25, 0.3) is 0 Å². The zero-order valence-corrected chi connectivity index (χ0v) is 18.0. The highest BCUT2D eigenvalue weighted by atomic mass is 79.9. The van der Waals surface area contributed by atoms with Gasteiger partial charge in [0.15, 0.2) is 4.34 Å². The molecule has 0 aliphatic heterocycles. The lowest BCUT2D eigenvalue weighted by molar-refractivity contribution is -0.116. The highest BCUT2D eigenvalue weighted by Crippen LogP contribution is 2.34. The molecule has 1 atom stereocenters. The number of amides is 2. The van der Waals surface area contributed by atoms with Crippen LogP contribution in [0.2, 0.25) is 0 Å². The first-order chi connectivity index (χ1) is 12.9. The van der Waals surface area contributed by atoms with Gasteiger partial charge in [-0.05, 0) is 48.9 Å². The molecule has 0 fully saturated rings. The number of nitrogens with one attached hydrogen (secondary N) is 2. The van der Waals surface area contributed by atoms with Crippen LogP contribution in [0, 0.1) is 0 Å². The molecule has 0 spiro atoms. The van der Waals surface area contributed by atoms with E-state index in [1.54, 1.807) is 0 Å². The number of nitrogens with zero attached hydrogens (tertiary/aromatic N) is 1. The summed E-state index contributed by atoms with van der Waals surface area (Å²) in [6, 6.07) is 13.1. The molecule has 2 amide bonds. The lowest BCUT2D eigenvalue weighted by atomic mass is 10.3. The monoisotopic (exact) mass is 463 g/mol. The topological polar surface area (TPSA) is 71.1 Å². The Bertz CT molecular complexity index is 973. The number of rotatable bonds is 6. The zero-order valence-electron chi connectivity index (χ0n) is 14.8. The van der Waals surface area contributed by atoms with Gasteiger partial charge in [-0.15, -0.1) is 11.3 Å². The fourth-order valence-electron chi connectivity index (χ4n) is 2.43. The van der Waals surface area contributed by atoms with E-state index in [4.69, 9.17) is 0 Å². The summed E-state index contributed by atoms with van der Waals surface area (Å²) < 4.78 is 2.78. The molecule has 1 unspecified atom stereocenters. The van der Waals surface area contributed by atoms with E-state index >= 15 is 0 Å². The lowest BCUT2D eigenvalue weighted by Gasteiger charge is -2.13. The summed E-state index contributed by atoms with van der Waals surface area (Å²) in [5.41, 5.74) is 2.38. The van der Waals surface area contributed by atoms with Crippen molar-refractivity contribution in [2.45, 2.75) is 29.9 Å². The molecule has 0 aliphatic carbocycles. The van der Waals surface area contributed by atoms with Crippen molar-refractivity contribution in [3.05, 3.63) is 46.9 Å². The van der Waals surface area contributed by atoms with Gasteiger partial charge in [0.05, 0.1) is 15.5 Å². The first kappa shape index (κ1) is 19.9. The second-order valence-electron chi connectivity index (χ2n) is 5.85. The molecular formula is C19H18BrN3O2S2. The van der Waals surface area contributed by atoms with Gasteiger partial charge in [-0.2, -0.15) is 0 Å². The Labute approximate surface area is 174 Å². The molecule has 0 bridgehead atoms. The summed E-state index contributed by atoms with van der Waals surface area (Å²) in [5.74, 6) is -0.146. The number of thiazole rings is 1. The minimum Gasteiger partial charge on any atom is -0.326 e. The number of benzene rings is 2. The van der Waals surface area contributed by atoms with E-state index in [-0.39, 0.29) is 17.1 Å². The van der Waals surface area contributed by atoms with Crippen LogP contribution in [0.4, 0.5) is 11.4 Å². The summed E-state index contributed by atoms with van der Waals surface area (Å²) in [4.78, 5) is 28.4. The predicted molar refractivity (Wildman–Crippen MR) is 117 cm³/mol. The molecule has 0 aliphatic rings. The molecule has 2 N–H and O–H groups in total. The largest absolute Gasteiger partial charge is 0.326 e. The van der Waals surface area contributed by atoms with Crippen LogP contribution in [0.3, 0.4) is 0 Å². The number of fused-ring (bicyclic) bond motifs is 1. The summed E-state index contributed by atoms with van der Waals surface area (Å²) in [6.45, 7) is 3.47. The first-order valence-corrected chi connectivity index (χ1v) is 10.8. The molecule has 2 aromatic carbocycles. The van der Waals surface area contributed by atoms with Crippen LogP contribution in [-0.4, -0.2) is 22.0 Å². The van der Waals surface area contributed by atoms with Crippen LogP contribution in [0.15, 0.2) is 51.3 Å². The average Bonchev–Trinajstić information content (AvgIpc) is 3.02. The van der Waals surface area contributed by atoms with Crippen LogP contribution in [0.1, 0.15) is 20.3 Å². The maximum atomic E-state index is 12.6. The van der Waals surface area contributed by atoms with E-state index in [0.29, 0.717) is 6.42 Å². The number of thioether (sulfide) groups is 1. The van der Waals surface area contributed by atoms with E-state index in [1.807, 2.05) is 49.4 Å². The van der Waals surface area contributed by atoms with E-state index in [9.17, 15) is 9.59 Å². The quantitative estimate of drug-likeness (QED) is 0.471. The zero-order chi connectivity index (χ0) is 19.4. The number of carbonyl (C=O) groups is 2. The normalized spacial score (nSPS) is 12.0. The van der Waals surface area contributed by atoms with Crippen LogP contribution in [-0.2, 0) is 9.59 Å². The Morgan fingerprint density at radius 2 is 1.85 bits per heavy atom. The van der Waals surface area contributed by atoms with Crippen molar-refractivity contribution in [2.24, 2.45) is 0 Å². The second-order valence-corrected chi connectivity index (χ2v) is 9.25. The average molecular weight is 464 g/mol. The van der Waals surface area contributed by atoms with E-state index < -0.39 is 0 Å². The molecule has 5 nitrogen and oxygen atoms in total. The molecule has 0 radical (unpaired) electrons. The van der Waals surface area contributed by atoms with Gasteiger partial charge in [0, 0.05) is 22.8 Å². The third kappa shape index (κ3) is 5.31. The Morgan fingerprint density at radius 1 is 1.15 bits per heavy atom. The molecule has 3 aromatic rings. The smallest absolute Gasteiger partial charge is 0.237 e. The fourth-order valence-corrected chi connectivity index (χ4v) is 4.97. The van der Waals surface area contributed by atoms with Crippen molar-refractivity contribution in [3.8, 4) is 0 Å². The highest BCUT2D eigenvalue weighted by Gasteiger charge is 2.20. The van der Waals surface area contributed by atoms with Crippen molar-refractivity contribution in [2.75, 3.05) is 10.6 Å². The molecule has 140 valence electrons. The SMILES string of the molecule is CCC(Sc1nc2ccc(NC(C)=O)cc2s1)C(=O)Nc1ccc(Br)cc1. The van der Waals surface area contributed by atoms with Gasteiger partial charge in [-0.25, -0.2) is 4.98 Å². The number of hydrogen-bond acceptors (Lipinski definition) is 5. The molecular weight excluding hydrogens is 446 g/mol.